The number of nitrogens with one attached hydrogen (secondary N) is 3. The molecule has 6 fully saturated rings. The van der Waals surface area contributed by atoms with Gasteiger partial charge in [-0.2, -0.15) is 4.98 Å². The van der Waals surface area contributed by atoms with E-state index in [2.05, 4.69) is 45.9 Å². The first-order valence-corrected chi connectivity index (χ1v) is 22.3. The summed E-state index contributed by atoms with van der Waals surface area (Å²) in [4.78, 5) is 49.5. The van der Waals surface area contributed by atoms with Crippen molar-refractivity contribution < 1.29 is 36.6 Å². The standard InChI is InChI=1S/C22H26F2N6O2.C17H18ClN5O2.C5H9F2N/c23-22(24)5-2-8-30(13-22)20-27-7-4-17(29-20)28-14-9-21(10-14)11-15(12-21)32-19-16(18(25)31)3-1-6-26-19;18-16-21-5-3-13(23-16)22-10-6-17(7-10)8-11(9-17)25-15-12(14(19)24)2-1-4-20-15;6-5(7)2-1-3-8-4-5/h1,3-4,6-7,14-15H,2,5,8-13H2,(H2,25,31)(H,27,28,29);1-5,10-11H,6-9H2,(H2,19,24)(H,21,22,23);8H,1-4H2. The van der Waals surface area contributed by atoms with Gasteiger partial charge in [0.15, 0.2) is 0 Å². The summed E-state index contributed by atoms with van der Waals surface area (Å²) < 4.78 is 63.5. The van der Waals surface area contributed by atoms with E-state index in [1.807, 2.05) is 6.07 Å². The molecular weight excluding hydrogens is 872 g/mol. The monoisotopic (exact) mass is 924 g/mol. The number of anilines is 3. The Morgan fingerprint density at radius 3 is 1.68 bits per heavy atom. The molecule has 0 aromatic carbocycles. The number of primary amides is 2. The van der Waals surface area contributed by atoms with Gasteiger partial charge in [-0.15, -0.1) is 0 Å². The van der Waals surface area contributed by atoms with E-state index in [-0.39, 0.29) is 54.9 Å². The third kappa shape index (κ3) is 11.6. The van der Waals surface area contributed by atoms with Crippen molar-refractivity contribution in [2.45, 2.75) is 113 Å². The van der Waals surface area contributed by atoms with Gasteiger partial charge in [0.25, 0.3) is 23.7 Å². The number of rotatable bonds is 11. The van der Waals surface area contributed by atoms with E-state index in [9.17, 15) is 27.2 Å². The fourth-order valence-corrected chi connectivity index (χ4v) is 10.0. The maximum Gasteiger partial charge on any atom is 0.265 e. The highest BCUT2D eigenvalue weighted by Gasteiger charge is 2.55. The van der Waals surface area contributed by atoms with Gasteiger partial charge in [-0.05, 0) is 130 Å². The minimum atomic E-state index is -2.69. The number of aromatic nitrogens is 6. The van der Waals surface area contributed by atoms with Crippen molar-refractivity contribution in [3.8, 4) is 11.8 Å². The number of hydrogen-bond donors (Lipinski definition) is 5. The Kier molecular flexibility index (Phi) is 13.5. The van der Waals surface area contributed by atoms with Crippen LogP contribution in [0.15, 0.2) is 61.2 Å². The molecule has 7 N–H and O–H groups in total. The van der Waals surface area contributed by atoms with Crippen LogP contribution in [-0.2, 0) is 0 Å². The lowest BCUT2D eigenvalue weighted by Crippen LogP contribution is -2.56. The Morgan fingerprint density at radius 1 is 0.692 bits per heavy atom. The molecule has 16 nitrogen and oxygen atoms in total. The molecule has 10 rings (SSSR count). The van der Waals surface area contributed by atoms with Crippen molar-refractivity contribution in [3.05, 3.63) is 77.6 Å². The molecule has 2 saturated heterocycles. The molecule has 0 bridgehead atoms. The van der Waals surface area contributed by atoms with Gasteiger partial charge in [-0.1, -0.05) is 0 Å². The van der Waals surface area contributed by atoms with Gasteiger partial charge >= 0.3 is 0 Å². The molecule has 2 amide bonds. The maximum atomic E-state index is 13.7. The Morgan fingerprint density at radius 2 is 1.22 bits per heavy atom. The van der Waals surface area contributed by atoms with E-state index >= 15 is 0 Å². The molecule has 0 atom stereocenters. The second-order valence-corrected chi connectivity index (χ2v) is 18.5. The van der Waals surface area contributed by atoms with Crippen LogP contribution in [0.2, 0.25) is 5.28 Å². The smallest absolute Gasteiger partial charge is 0.265 e. The molecule has 4 saturated carbocycles. The molecule has 4 aliphatic carbocycles. The lowest BCUT2D eigenvalue weighted by atomic mass is 9.53. The first-order valence-electron chi connectivity index (χ1n) is 21.9. The number of piperidine rings is 2. The summed E-state index contributed by atoms with van der Waals surface area (Å²) in [6, 6.07) is 10.8. The number of halogens is 5. The Labute approximate surface area is 378 Å². The largest absolute Gasteiger partial charge is 0.474 e. The Bertz CT molecular complexity index is 2300. The van der Waals surface area contributed by atoms with Gasteiger partial charge in [-0.25, -0.2) is 42.5 Å². The van der Waals surface area contributed by atoms with Crippen molar-refractivity contribution in [3.63, 3.8) is 0 Å². The molecule has 4 aromatic heterocycles. The maximum absolute atomic E-state index is 13.7. The summed E-state index contributed by atoms with van der Waals surface area (Å²) >= 11 is 5.80. The quantitative estimate of drug-likeness (QED) is 0.0808. The summed E-state index contributed by atoms with van der Waals surface area (Å²) in [6.45, 7) is 0.821. The molecule has 0 radical (unpaired) electrons. The summed E-state index contributed by atoms with van der Waals surface area (Å²) in [6.07, 6.45) is 15.4. The number of amides is 2. The third-order valence-corrected chi connectivity index (χ3v) is 13.1. The number of carbonyl (C=O) groups is 2. The number of hydrogen-bond acceptors (Lipinski definition) is 14. The van der Waals surface area contributed by atoms with Crippen LogP contribution in [0.3, 0.4) is 0 Å². The highest BCUT2D eigenvalue weighted by molar-refractivity contribution is 6.28. The van der Waals surface area contributed by atoms with Crippen LogP contribution in [0.25, 0.3) is 0 Å². The van der Waals surface area contributed by atoms with Gasteiger partial charge in [0.05, 0.1) is 13.1 Å². The van der Waals surface area contributed by atoms with Gasteiger partial charge in [0.2, 0.25) is 23.0 Å². The number of ether oxygens (including phenoxy) is 2. The SMILES string of the molecule is FC1(F)CCCNC1.NC(=O)c1cccnc1OC1CC2(CC(Nc3ccnc(Cl)n3)C2)C1.NC(=O)c1cccnc1OC1CC2(CC(Nc3ccnc(N4CCCC(F)(F)C4)n3)C2)C1. The fraction of sp³-hybridized carbons (Fsp3) is 0.545. The number of carbonyl (C=O) groups excluding carboxylic acids is 2. The molecule has 2 aliphatic heterocycles. The van der Waals surface area contributed by atoms with E-state index in [0.29, 0.717) is 65.5 Å². The van der Waals surface area contributed by atoms with Crippen LogP contribution >= 0.6 is 11.6 Å². The normalized spacial score (nSPS) is 27.9. The zero-order valence-corrected chi connectivity index (χ0v) is 36.5. The second kappa shape index (κ2) is 19.1. The van der Waals surface area contributed by atoms with Crippen LogP contribution < -0.4 is 41.8 Å². The van der Waals surface area contributed by atoms with E-state index in [4.69, 9.17) is 32.5 Å². The van der Waals surface area contributed by atoms with Crippen LogP contribution in [-0.4, -0.2) is 104 Å². The van der Waals surface area contributed by atoms with E-state index in [1.54, 1.807) is 60.0 Å². The van der Waals surface area contributed by atoms with E-state index in [0.717, 1.165) is 63.7 Å². The van der Waals surface area contributed by atoms with Gasteiger partial charge in [-0.3, -0.25) is 9.59 Å². The second-order valence-electron chi connectivity index (χ2n) is 18.2. The van der Waals surface area contributed by atoms with Crippen LogP contribution in [0.4, 0.5) is 35.1 Å². The molecular formula is C44H53ClF4N12O4. The van der Waals surface area contributed by atoms with E-state index < -0.39 is 23.7 Å². The van der Waals surface area contributed by atoms with Gasteiger partial charge in [0.1, 0.15) is 35.0 Å². The zero-order valence-electron chi connectivity index (χ0n) is 35.7. The van der Waals surface area contributed by atoms with Gasteiger partial charge in [0, 0.05) is 56.3 Å². The number of pyridine rings is 2. The summed E-state index contributed by atoms with van der Waals surface area (Å²) in [7, 11) is 0. The minimum absolute atomic E-state index is 0.0235. The molecule has 0 unspecified atom stereocenters. The Balaban J connectivity index is 0.000000155. The van der Waals surface area contributed by atoms with E-state index in [1.165, 1.54) is 0 Å². The molecule has 65 heavy (non-hydrogen) atoms. The van der Waals surface area contributed by atoms with Crippen molar-refractivity contribution in [2.75, 3.05) is 41.7 Å². The highest BCUT2D eigenvalue weighted by Crippen LogP contribution is 2.58. The first-order chi connectivity index (χ1) is 31.0. The zero-order chi connectivity index (χ0) is 45.8. The predicted octanol–water partition coefficient (Wildman–Crippen LogP) is 6.44. The topological polar surface area (TPSA) is 221 Å². The lowest BCUT2D eigenvalue weighted by Gasteiger charge is -2.57. The highest BCUT2D eigenvalue weighted by atomic mass is 35.5. The first kappa shape index (κ1) is 45.9. The van der Waals surface area contributed by atoms with Crippen LogP contribution in [0.1, 0.15) is 97.8 Å². The van der Waals surface area contributed by atoms with Crippen molar-refractivity contribution in [2.24, 2.45) is 22.3 Å². The number of nitrogens with zero attached hydrogens (tertiary/aromatic N) is 7. The van der Waals surface area contributed by atoms with Crippen molar-refractivity contribution in [1.29, 1.82) is 0 Å². The Hall–Kier alpha value is -5.63. The van der Waals surface area contributed by atoms with Crippen molar-refractivity contribution in [1.82, 2.24) is 35.2 Å². The lowest BCUT2D eigenvalue weighted by molar-refractivity contribution is -0.0763. The van der Waals surface area contributed by atoms with Crippen LogP contribution in [0, 0.1) is 10.8 Å². The molecule has 21 heteroatoms. The molecule has 2 spiro atoms. The molecule has 6 heterocycles. The van der Waals surface area contributed by atoms with Crippen molar-refractivity contribution >= 4 is 41.0 Å². The predicted molar refractivity (Wildman–Crippen MR) is 233 cm³/mol. The summed E-state index contributed by atoms with van der Waals surface area (Å²) in [5.74, 6) is -3.80. The number of alkyl halides is 4. The molecule has 4 aromatic rings. The number of nitrogens with two attached hydrogens (primary N) is 2. The summed E-state index contributed by atoms with van der Waals surface area (Å²) in [5, 5.41) is 9.66. The fourth-order valence-electron chi connectivity index (χ4n) is 9.86. The van der Waals surface area contributed by atoms with Crippen LogP contribution in [0.5, 0.6) is 11.8 Å². The minimum Gasteiger partial charge on any atom is -0.474 e. The average molecular weight is 925 g/mol. The average Bonchev–Trinajstić information content (AvgIpc) is 3.21. The molecule has 6 aliphatic rings. The van der Waals surface area contributed by atoms with Gasteiger partial charge < -0.3 is 41.8 Å². The third-order valence-electron chi connectivity index (χ3n) is 12.9. The summed E-state index contributed by atoms with van der Waals surface area (Å²) in [5.41, 5.74) is 11.9. The molecule has 348 valence electrons.